The molecule has 0 saturated carbocycles. The molecule has 3 rings (SSSR count). The van der Waals surface area contributed by atoms with Crippen LogP contribution in [0, 0.1) is 6.92 Å². The Morgan fingerprint density at radius 3 is 2.53 bits per heavy atom. The fourth-order valence-electron chi connectivity index (χ4n) is 3.32. The summed E-state index contributed by atoms with van der Waals surface area (Å²) >= 11 is 0. The number of carbonyl (C=O) groups is 1. The van der Waals surface area contributed by atoms with Crippen molar-refractivity contribution in [1.82, 2.24) is 10.3 Å². The summed E-state index contributed by atoms with van der Waals surface area (Å²) in [6, 6.07) is 18.2. The Balaban J connectivity index is 1.60. The van der Waals surface area contributed by atoms with Crippen LogP contribution in [-0.4, -0.2) is 24.0 Å². The quantitative estimate of drug-likeness (QED) is 0.458. The highest BCUT2D eigenvalue weighted by Crippen LogP contribution is 2.31. The Hall–Kier alpha value is -2.92. The van der Waals surface area contributed by atoms with Gasteiger partial charge < -0.3 is 14.8 Å². The average molecular weight is 407 g/mol. The zero-order valence-corrected chi connectivity index (χ0v) is 17.8. The number of pyridine rings is 1. The number of fused-ring (bicyclic) bond motifs is 1. The van der Waals surface area contributed by atoms with E-state index in [9.17, 15) is 4.79 Å². The first-order valence-electron chi connectivity index (χ1n) is 10.5. The van der Waals surface area contributed by atoms with Crippen LogP contribution in [0.5, 0.6) is 5.75 Å². The summed E-state index contributed by atoms with van der Waals surface area (Å²) in [5.74, 6) is 0.896. The maximum atomic E-state index is 10.9. The van der Waals surface area contributed by atoms with E-state index < -0.39 is 0 Å². The number of rotatable bonds is 11. The minimum atomic E-state index is 0.0226. The molecule has 0 atom stereocenters. The molecule has 0 saturated heterocycles. The average Bonchev–Trinajstić information content (AvgIpc) is 2.76. The first kappa shape index (κ1) is 21.8. The summed E-state index contributed by atoms with van der Waals surface area (Å²) in [6.07, 6.45) is 2.95. The van der Waals surface area contributed by atoms with Crippen molar-refractivity contribution >= 4 is 16.8 Å². The fourth-order valence-corrected chi connectivity index (χ4v) is 3.32. The number of unbranched alkanes of at least 4 members (excludes halogenated alkanes) is 2. The maximum absolute atomic E-state index is 10.9. The van der Waals surface area contributed by atoms with Crippen LogP contribution >= 0.6 is 0 Å². The largest absolute Gasteiger partial charge is 0.488 e. The van der Waals surface area contributed by atoms with Gasteiger partial charge in [0.15, 0.2) is 0 Å². The highest BCUT2D eigenvalue weighted by Gasteiger charge is 2.13. The molecule has 2 aromatic carbocycles. The minimum Gasteiger partial charge on any atom is -0.488 e. The fraction of sp³-hybridized carbons (Fsp3) is 0.360. The van der Waals surface area contributed by atoms with Crippen LogP contribution in [-0.2, 0) is 22.7 Å². The third-order valence-corrected chi connectivity index (χ3v) is 4.98. The van der Waals surface area contributed by atoms with Gasteiger partial charge in [0.2, 0.25) is 5.91 Å². The summed E-state index contributed by atoms with van der Waals surface area (Å²) in [6.45, 7) is 5.97. The standard InChI is InChI=1S/C25H30N2O3/c1-19-24(18-29-16-10-4-9-15-26-20(2)28)27-23-14-8-7-13-22(23)25(19)30-17-21-11-5-3-6-12-21/h3,5-8,11-14H,4,9-10,15-18H2,1-2H3,(H,26,28). The number of amides is 1. The van der Waals surface area contributed by atoms with Crippen LogP contribution in [0.3, 0.4) is 0 Å². The van der Waals surface area contributed by atoms with Gasteiger partial charge in [-0.05, 0) is 43.9 Å². The number of nitrogens with one attached hydrogen (secondary N) is 1. The van der Waals surface area contributed by atoms with E-state index >= 15 is 0 Å². The van der Waals surface area contributed by atoms with Crippen molar-refractivity contribution < 1.29 is 14.3 Å². The van der Waals surface area contributed by atoms with Crippen molar-refractivity contribution in [3.05, 3.63) is 71.4 Å². The molecule has 1 heterocycles. The number of para-hydroxylation sites is 1. The number of ether oxygens (including phenoxy) is 2. The van der Waals surface area contributed by atoms with Crippen molar-refractivity contribution in [3.63, 3.8) is 0 Å². The molecule has 0 fully saturated rings. The van der Waals surface area contributed by atoms with Gasteiger partial charge in [0, 0.05) is 31.0 Å². The highest BCUT2D eigenvalue weighted by molar-refractivity contribution is 5.86. The lowest BCUT2D eigenvalue weighted by Crippen LogP contribution is -2.20. The van der Waals surface area contributed by atoms with E-state index in [-0.39, 0.29) is 5.91 Å². The van der Waals surface area contributed by atoms with Crippen molar-refractivity contribution in [3.8, 4) is 5.75 Å². The van der Waals surface area contributed by atoms with Crippen molar-refractivity contribution in [2.45, 2.75) is 46.3 Å². The van der Waals surface area contributed by atoms with E-state index in [0.717, 1.165) is 59.3 Å². The Labute approximate surface area is 178 Å². The van der Waals surface area contributed by atoms with E-state index in [4.69, 9.17) is 14.5 Å². The summed E-state index contributed by atoms with van der Waals surface area (Å²) in [5.41, 5.74) is 3.99. The number of nitrogens with zero attached hydrogens (tertiary/aromatic N) is 1. The van der Waals surface area contributed by atoms with Crippen LogP contribution < -0.4 is 10.1 Å². The Bertz CT molecular complexity index is 957. The van der Waals surface area contributed by atoms with Gasteiger partial charge in [-0.15, -0.1) is 0 Å². The number of carbonyl (C=O) groups excluding carboxylic acids is 1. The van der Waals surface area contributed by atoms with Crippen molar-refractivity contribution in [2.24, 2.45) is 0 Å². The van der Waals surface area contributed by atoms with Gasteiger partial charge in [-0.3, -0.25) is 4.79 Å². The molecule has 30 heavy (non-hydrogen) atoms. The second-order valence-corrected chi connectivity index (χ2v) is 7.40. The molecule has 0 unspecified atom stereocenters. The molecule has 1 aromatic heterocycles. The molecule has 0 bridgehead atoms. The van der Waals surface area contributed by atoms with Crippen molar-refractivity contribution in [2.75, 3.05) is 13.2 Å². The first-order chi connectivity index (χ1) is 14.6. The summed E-state index contributed by atoms with van der Waals surface area (Å²) in [7, 11) is 0. The smallest absolute Gasteiger partial charge is 0.216 e. The zero-order valence-electron chi connectivity index (χ0n) is 17.8. The zero-order chi connectivity index (χ0) is 21.2. The van der Waals surface area contributed by atoms with E-state index in [1.54, 1.807) is 6.92 Å². The molecule has 158 valence electrons. The van der Waals surface area contributed by atoms with E-state index in [1.165, 1.54) is 0 Å². The van der Waals surface area contributed by atoms with Crippen molar-refractivity contribution in [1.29, 1.82) is 0 Å². The topological polar surface area (TPSA) is 60.5 Å². The number of aromatic nitrogens is 1. The van der Waals surface area contributed by atoms with Gasteiger partial charge in [0.05, 0.1) is 17.8 Å². The molecule has 0 aliphatic rings. The van der Waals surface area contributed by atoms with Gasteiger partial charge in [-0.1, -0.05) is 42.5 Å². The molecule has 0 spiro atoms. The van der Waals surface area contributed by atoms with Crippen LogP contribution in [0.25, 0.3) is 10.9 Å². The monoisotopic (exact) mass is 406 g/mol. The molecular weight excluding hydrogens is 376 g/mol. The third kappa shape index (κ3) is 6.29. The molecule has 3 aromatic rings. The summed E-state index contributed by atoms with van der Waals surface area (Å²) < 4.78 is 12.1. The Kier molecular flexibility index (Phi) is 8.21. The molecule has 0 radical (unpaired) electrons. The molecular formula is C25H30N2O3. The molecule has 0 aliphatic heterocycles. The van der Waals surface area contributed by atoms with Gasteiger partial charge in [0.1, 0.15) is 12.4 Å². The predicted molar refractivity (Wildman–Crippen MR) is 119 cm³/mol. The molecule has 5 heteroatoms. The summed E-state index contributed by atoms with van der Waals surface area (Å²) in [5, 5.41) is 3.83. The van der Waals surface area contributed by atoms with E-state index in [2.05, 4.69) is 23.5 Å². The lowest BCUT2D eigenvalue weighted by Gasteiger charge is -2.16. The lowest BCUT2D eigenvalue weighted by atomic mass is 10.1. The normalized spacial score (nSPS) is 10.9. The molecule has 5 nitrogen and oxygen atoms in total. The minimum absolute atomic E-state index is 0.0226. The SMILES string of the molecule is CC(=O)NCCCCCOCc1nc2ccccc2c(OCc2ccccc2)c1C. The van der Waals surface area contributed by atoms with Crippen LogP contribution in [0.15, 0.2) is 54.6 Å². The van der Waals surface area contributed by atoms with E-state index in [0.29, 0.717) is 19.8 Å². The lowest BCUT2D eigenvalue weighted by molar-refractivity contribution is -0.118. The van der Waals surface area contributed by atoms with Gasteiger partial charge in [-0.25, -0.2) is 4.98 Å². The summed E-state index contributed by atoms with van der Waals surface area (Å²) in [4.78, 5) is 15.7. The Morgan fingerprint density at radius 2 is 1.73 bits per heavy atom. The van der Waals surface area contributed by atoms with E-state index in [1.807, 2.05) is 43.3 Å². The molecule has 1 amide bonds. The molecule has 1 N–H and O–H groups in total. The molecule has 0 aliphatic carbocycles. The van der Waals surface area contributed by atoms with Crippen LogP contribution in [0.1, 0.15) is 43.0 Å². The first-order valence-corrected chi connectivity index (χ1v) is 10.5. The third-order valence-electron chi connectivity index (χ3n) is 4.98. The van der Waals surface area contributed by atoms with Gasteiger partial charge in [0.25, 0.3) is 0 Å². The van der Waals surface area contributed by atoms with Crippen LogP contribution in [0.2, 0.25) is 0 Å². The van der Waals surface area contributed by atoms with Crippen LogP contribution in [0.4, 0.5) is 0 Å². The van der Waals surface area contributed by atoms with Gasteiger partial charge in [-0.2, -0.15) is 0 Å². The number of benzene rings is 2. The van der Waals surface area contributed by atoms with Gasteiger partial charge >= 0.3 is 0 Å². The second-order valence-electron chi connectivity index (χ2n) is 7.40. The number of hydrogen-bond acceptors (Lipinski definition) is 4. The highest BCUT2D eigenvalue weighted by atomic mass is 16.5. The second kappa shape index (κ2) is 11.3. The Morgan fingerprint density at radius 1 is 0.967 bits per heavy atom. The predicted octanol–water partition coefficient (Wildman–Crippen LogP) is 4.95. The maximum Gasteiger partial charge on any atom is 0.216 e. The number of hydrogen-bond donors (Lipinski definition) is 1.